The number of benzene rings is 1. The van der Waals surface area contributed by atoms with E-state index < -0.39 is 0 Å². The fourth-order valence-electron chi connectivity index (χ4n) is 1.83. The minimum absolute atomic E-state index is 0.330. The van der Waals surface area contributed by atoms with Gasteiger partial charge >= 0.3 is 0 Å². The molecule has 0 saturated carbocycles. The van der Waals surface area contributed by atoms with Crippen molar-refractivity contribution >= 4 is 5.69 Å². The molecule has 2 aromatic heterocycles. The Kier molecular flexibility index (Phi) is 3.12. The maximum Gasteiger partial charge on any atom is 0.146 e. The first-order chi connectivity index (χ1) is 9.74. The molecule has 0 radical (unpaired) electrons. The van der Waals surface area contributed by atoms with Crippen LogP contribution in [-0.4, -0.2) is 30.0 Å². The second-order valence-electron chi connectivity index (χ2n) is 4.22. The molecule has 0 aliphatic heterocycles. The number of tetrazole rings is 1. The van der Waals surface area contributed by atoms with E-state index in [2.05, 4.69) is 25.9 Å². The van der Waals surface area contributed by atoms with Crippen LogP contribution >= 0.6 is 0 Å². The zero-order valence-corrected chi connectivity index (χ0v) is 10.7. The number of rotatable bonds is 4. The Balaban J connectivity index is 1.82. The second-order valence-corrected chi connectivity index (χ2v) is 4.22. The first kappa shape index (κ1) is 12.3. The summed E-state index contributed by atoms with van der Waals surface area (Å²) in [5.41, 5.74) is 2.03. The van der Waals surface area contributed by atoms with Gasteiger partial charge in [-0.25, -0.2) is 9.07 Å². The van der Waals surface area contributed by atoms with Crippen molar-refractivity contribution in [3.63, 3.8) is 0 Å². The van der Waals surface area contributed by atoms with Gasteiger partial charge in [0.1, 0.15) is 12.1 Å². The summed E-state index contributed by atoms with van der Waals surface area (Å²) < 4.78 is 17.0. The molecule has 0 spiro atoms. The standard InChI is InChI=1S/C12H12FN7/c1-19-10(4-5-16-19)7-14-12-6-9(2-3-11(12)13)20-8-15-17-18-20/h2-6,8,14H,7H2,1H3. The molecule has 20 heavy (non-hydrogen) atoms. The summed E-state index contributed by atoms with van der Waals surface area (Å²) in [6.07, 6.45) is 3.16. The van der Waals surface area contributed by atoms with Crippen molar-refractivity contribution in [1.82, 2.24) is 30.0 Å². The van der Waals surface area contributed by atoms with Crippen LogP contribution in [-0.2, 0) is 13.6 Å². The zero-order valence-electron chi connectivity index (χ0n) is 10.7. The highest BCUT2D eigenvalue weighted by atomic mass is 19.1. The van der Waals surface area contributed by atoms with Gasteiger partial charge < -0.3 is 5.32 Å². The van der Waals surface area contributed by atoms with E-state index in [4.69, 9.17) is 0 Å². The van der Waals surface area contributed by atoms with Crippen molar-refractivity contribution in [1.29, 1.82) is 0 Å². The number of nitrogens with one attached hydrogen (secondary N) is 1. The topological polar surface area (TPSA) is 73.5 Å². The van der Waals surface area contributed by atoms with Crippen LogP contribution in [0.3, 0.4) is 0 Å². The average molecular weight is 273 g/mol. The molecule has 3 aromatic rings. The predicted molar refractivity (Wildman–Crippen MR) is 69.6 cm³/mol. The molecule has 1 aromatic carbocycles. The van der Waals surface area contributed by atoms with Gasteiger partial charge in [-0.2, -0.15) is 5.10 Å². The van der Waals surface area contributed by atoms with Gasteiger partial charge in [0.2, 0.25) is 0 Å². The smallest absolute Gasteiger partial charge is 0.146 e. The lowest BCUT2D eigenvalue weighted by Crippen LogP contribution is -2.07. The number of hydrogen-bond donors (Lipinski definition) is 1. The summed E-state index contributed by atoms with van der Waals surface area (Å²) in [5.74, 6) is -0.330. The largest absolute Gasteiger partial charge is 0.377 e. The highest BCUT2D eigenvalue weighted by Crippen LogP contribution is 2.19. The van der Waals surface area contributed by atoms with Crippen LogP contribution in [0.25, 0.3) is 5.69 Å². The Morgan fingerprint density at radius 2 is 2.20 bits per heavy atom. The summed E-state index contributed by atoms with van der Waals surface area (Å²) in [4.78, 5) is 0. The van der Waals surface area contributed by atoms with Gasteiger partial charge in [0.15, 0.2) is 0 Å². The third-order valence-electron chi connectivity index (χ3n) is 2.95. The van der Waals surface area contributed by atoms with Crippen molar-refractivity contribution in [2.45, 2.75) is 6.54 Å². The number of nitrogens with zero attached hydrogens (tertiary/aromatic N) is 6. The molecule has 102 valence electrons. The lowest BCUT2D eigenvalue weighted by Gasteiger charge is -2.09. The van der Waals surface area contributed by atoms with E-state index in [9.17, 15) is 4.39 Å². The van der Waals surface area contributed by atoms with Gasteiger partial charge in [-0.1, -0.05) is 0 Å². The van der Waals surface area contributed by atoms with E-state index in [-0.39, 0.29) is 5.82 Å². The molecule has 0 fully saturated rings. The molecule has 3 rings (SSSR count). The number of aryl methyl sites for hydroxylation is 1. The van der Waals surface area contributed by atoms with E-state index in [0.717, 1.165) is 5.69 Å². The fourth-order valence-corrected chi connectivity index (χ4v) is 1.83. The van der Waals surface area contributed by atoms with E-state index in [1.54, 1.807) is 23.0 Å². The summed E-state index contributed by atoms with van der Waals surface area (Å²) in [7, 11) is 1.84. The normalized spacial score (nSPS) is 10.7. The lowest BCUT2D eigenvalue weighted by atomic mass is 10.2. The molecule has 7 nitrogen and oxygen atoms in total. The third-order valence-corrected chi connectivity index (χ3v) is 2.95. The molecule has 2 heterocycles. The van der Waals surface area contributed by atoms with Crippen molar-refractivity contribution in [2.75, 3.05) is 5.32 Å². The summed E-state index contributed by atoms with van der Waals surface area (Å²) in [6.45, 7) is 0.479. The second kappa shape index (κ2) is 5.08. The number of anilines is 1. The Morgan fingerprint density at radius 1 is 1.30 bits per heavy atom. The van der Waals surface area contributed by atoms with Crippen LogP contribution in [0.4, 0.5) is 10.1 Å². The van der Waals surface area contributed by atoms with Crippen LogP contribution in [0.15, 0.2) is 36.8 Å². The summed E-state index contributed by atoms with van der Waals surface area (Å²) in [5, 5.41) is 18.0. The summed E-state index contributed by atoms with van der Waals surface area (Å²) >= 11 is 0. The number of hydrogen-bond acceptors (Lipinski definition) is 5. The zero-order chi connectivity index (χ0) is 13.9. The van der Waals surface area contributed by atoms with E-state index >= 15 is 0 Å². The SMILES string of the molecule is Cn1nccc1CNc1cc(-n2cnnn2)ccc1F. The van der Waals surface area contributed by atoms with Gasteiger partial charge in [-0.3, -0.25) is 4.68 Å². The third kappa shape index (κ3) is 2.35. The first-order valence-electron chi connectivity index (χ1n) is 5.98. The number of halogens is 1. The van der Waals surface area contributed by atoms with Crippen molar-refractivity contribution in [3.05, 3.63) is 48.3 Å². The molecule has 0 unspecified atom stereocenters. The van der Waals surface area contributed by atoms with Gasteiger partial charge in [0.05, 0.1) is 23.6 Å². The fraction of sp³-hybridized carbons (Fsp3) is 0.167. The van der Waals surface area contributed by atoms with Crippen LogP contribution in [0.5, 0.6) is 0 Å². The van der Waals surface area contributed by atoms with Gasteiger partial charge in [-0.05, 0) is 34.7 Å². The Bertz CT molecular complexity index is 704. The molecular weight excluding hydrogens is 261 g/mol. The van der Waals surface area contributed by atoms with E-state index in [1.807, 2.05) is 13.1 Å². The lowest BCUT2D eigenvalue weighted by molar-refractivity contribution is 0.628. The predicted octanol–water partition coefficient (Wildman–Crippen LogP) is 1.15. The van der Waals surface area contributed by atoms with Gasteiger partial charge in [-0.15, -0.1) is 5.10 Å². The molecule has 0 saturated heterocycles. The average Bonchev–Trinajstić information content (AvgIpc) is 3.10. The Hall–Kier alpha value is -2.77. The van der Waals surface area contributed by atoms with Gasteiger partial charge in [0, 0.05) is 13.2 Å². The van der Waals surface area contributed by atoms with Crippen LogP contribution in [0.2, 0.25) is 0 Å². The first-order valence-corrected chi connectivity index (χ1v) is 5.98. The molecule has 0 atom stereocenters. The monoisotopic (exact) mass is 273 g/mol. The summed E-state index contributed by atoms with van der Waals surface area (Å²) in [6, 6.07) is 6.52. The molecule has 1 N–H and O–H groups in total. The molecule has 0 bridgehead atoms. The Labute approximate surface area is 114 Å². The maximum absolute atomic E-state index is 13.8. The molecule has 0 aliphatic carbocycles. The van der Waals surface area contributed by atoms with Crippen molar-refractivity contribution < 1.29 is 4.39 Å². The van der Waals surface area contributed by atoms with Crippen molar-refractivity contribution in [3.8, 4) is 5.69 Å². The number of aromatic nitrogens is 6. The van der Waals surface area contributed by atoms with Gasteiger partial charge in [0.25, 0.3) is 0 Å². The minimum atomic E-state index is -0.330. The Morgan fingerprint density at radius 3 is 2.90 bits per heavy atom. The van der Waals surface area contributed by atoms with Crippen LogP contribution in [0, 0.1) is 5.82 Å². The van der Waals surface area contributed by atoms with E-state index in [0.29, 0.717) is 17.9 Å². The molecule has 0 aliphatic rings. The minimum Gasteiger partial charge on any atom is -0.377 e. The van der Waals surface area contributed by atoms with Crippen LogP contribution < -0.4 is 5.32 Å². The molecule has 0 amide bonds. The quantitative estimate of drug-likeness (QED) is 0.772. The highest BCUT2D eigenvalue weighted by Gasteiger charge is 2.06. The molecular formula is C12H12FN7. The van der Waals surface area contributed by atoms with Crippen molar-refractivity contribution in [2.24, 2.45) is 7.05 Å². The van der Waals surface area contributed by atoms with E-state index in [1.165, 1.54) is 17.1 Å². The van der Waals surface area contributed by atoms with Crippen LogP contribution in [0.1, 0.15) is 5.69 Å². The highest BCUT2D eigenvalue weighted by molar-refractivity contribution is 5.52. The molecule has 8 heteroatoms. The maximum atomic E-state index is 13.8.